The second-order valence-corrected chi connectivity index (χ2v) is 8.22. The van der Waals surface area contributed by atoms with E-state index in [9.17, 15) is 4.79 Å². The van der Waals surface area contributed by atoms with Crippen molar-refractivity contribution < 1.29 is 4.79 Å². The molecule has 1 saturated carbocycles. The zero-order valence-corrected chi connectivity index (χ0v) is 17.8. The van der Waals surface area contributed by atoms with Crippen molar-refractivity contribution in [2.75, 3.05) is 19.6 Å². The second kappa shape index (κ2) is 9.78. The molecule has 0 spiro atoms. The number of benzene rings is 1. The first-order valence-electron chi connectivity index (χ1n) is 11.2. The maximum Gasteiger partial charge on any atom is 0.225 e. The van der Waals surface area contributed by atoms with Crippen LogP contribution in [0.5, 0.6) is 0 Å². The molecule has 1 unspecified atom stereocenters. The number of guanidine groups is 1. The van der Waals surface area contributed by atoms with Crippen LogP contribution in [0.4, 0.5) is 0 Å². The first-order chi connectivity index (χ1) is 14.7. The van der Waals surface area contributed by atoms with Crippen LogP contribution < -0.4 is 10.6 Å². The average molecular weight is 409 g/mol. The van der Waals surface area contributed by atoms with Crippen LogP contribution in [0.2, 0.25) is 0 Å². The van der Waals surface area contributed by atoms with Crippen molar-refractivity contribution in [2.45, 2.75) is 51.6 Å². The van der Waals surface area contributed by atoms with Crippen LogP contribution in [-0.4, -0.2) is 52.2 Å². The van der Waals surface area contributed by atoms with Gasteiger partial charge in [-0.15, -0.1) is 0 Å². The lowest BCUT2D eigenvalue weighted by Crippen LogP contribution is -2.45. The van der Waals surface area contributed by atoms with Crippen LogP contribution in [0.15, 0.2) is 47.7 Å². The molecular weight excluding hydrogens is 376 g/mol. The van der Waals surface area contributed by atoms with E-state index in [1.54, 1.807) is 0 Å². The van der Waals surface area contributed by atoms with Gasteiger partial charge < -0.3 is 15.5 Å². The minimum atomic E-state index is 0.250. The fraction of sp³-hybridized carbons (Fsp3) is 0.522. The van der Waals surface area contributed by atoms with E-state index < -0.39 is 0 Å². The molecule has 2 N–H and O–H groups in total. The van der Waals surface area contributed by atoms with Crippen molar-refractivity contribution in [1.29, 1.82) is 0 Å². The second-order valence-electron chi connectivity index (χ2n) is 8.22. The van der Waals surface area contributed by atoms with Gasteiger partial charge in [-0.2, -0.15) is 5.10 Å². The lowest BCUT2D eigenvalue weighted by molar-refractivity contribution is -0.134. The Kier molecular flexibility index (Phi) is 6.67. The van der Waals surface area contributed by atoms with Crippen molar-refractivity contribution in [1.82, 2.24) is 25.3 Å². The molecule has 1 saturated heterocycles. The molecule has 2 aliphatic rings. The SMILES string of the molecule is CCNC(=NCc1cnn(-c2ccccc2)c1)NC1CCN(C(=O)C2CCCC2)C1. The molecule has 1 atom stereocenters. The van der Waals surface area contributed by atoms with Crippen LogP contribution in [0.1, 0.15) is 44.6 Å². The predicted molar refractivity (Wildman–Crippen MR) is 118 cm³/mol. The van der Waals surface area contributed by atoms with Gasteiger partial charge in [0.1, 0.15) is 0 Å². The number of carbonyl (C=O) groups is 1. The van der Waals surface area contributed by atoms with Gasteiger partial charge in [-0.3, -0.25) is 4.79 Å². The van der Waals surface area contributed by atoms with E-state index >= 15 is 0 Å². The van der Waals surface area contributed by atoms with Crippen LogP contribution in [0.25, 0.3) is 5.69 Å². The summed E-state index contributed by atoms with van der Waals surface area (Å²) >= 11 is 0. The summed E-state index contributed by atoms with van der Waals surface area (Å²) in [6, 6.07) is 10.3. The number of hydrogen-bond donors (Lipinski definition) is 2. The summed E-state index contributed by atoms with van der Waals surface area (Å²) in [5.41, 5.74) is 2.09. The van der Waals surface area contributed by atoms with Crippen LogP contribution in [0.3, 0.4) is 0 Å². The summed E-state index contributed by atoms with van der Waals surface area (Å²) in [6.45, 7) is 5.03. The molecule has 7 nitrogen and oxygen atoms in total. The van der Waals surface area contributed by atoms with Crippen LogP contribution in [-0.2, 0) is 11.3 Å². The lowest BCUT2D eigenvalue weighted by atomic mass is 10.1. The Morgan fingerprint density at radius 2 is 2.00 bits per heavy atom. The number of aliphatic imine (C=N–C) groups is 1. The molecule has 1 aliphatic heterocycles. The third-order valence-corrected chi connectivity index (χ3v) is 5.97. The predicted octanol–water partition coefficient (Wildman–Crippen LogP) is 2.72. The summed E-state index contributed by atoms with van der Waals surface area (Å²) in [4.78, 5) is 19.5. The van der Waals surface area contributed by atoms with Gasteiger partial charge >= 0.3 is 0 Å². The van der Waals surface area contributed by atoms with E-state index in [-0.39, 0.29) is 12.0 Å². The lowest BCUT2D eigenvalue weighted by Gasteiger charge is -2.21. The van der Waals surface area contributed by atoms with Crippen molar-refractivity contribution in [3.8, 4) is 5.69 Å². The zero-order valence-electron chi connectivity index (χ0n) is 17.8. The van der Waals surface area contributed by atoms with Gasteiger partial charge in [0.25, 0.3) is 0 Å². The van der Waals surface area contributed by atoms with E-state index in [0.717, 1.165) is 56.1 Å². The van der Waals surface area contributed by atoms with E-state index in [1.165, 1.54) is 12.8 Å². The van der Waals surface area contributed by atoms with Gasteiger partial charge in [0.15, 0.2) is 5.96 Å². The number of hydrogen-bond acceptors (Lipinski definition) is 3. The van der Waals surface area contributed by atoms with Crippen molar-refractivity contribution in [2.24, 2.45) is 10.9 Å². The molecule has 4 rings (SSSR count). The smallest absolute Gasteiger partial charge is 0.225 e. The molecule has 1 aromatic carbocycles. The highest BCUT2D eigenvalue weighted by atomic mass is 16.2. The van der Waals surface area contributed by atoms with Crippen LogP contribution >= 0.6 is 0 Å². The summed E-state index contributed by atoms with van der Waals surface area (Å²) in [6.07, 6.45) is 9.36. The quantitative estimate of drug-likeness (QED) is 0.569. The number of nitrogens with zero attached hydrogens (tertiary/aromatic N) is 4. The Morgan fingerprint density at radius 3 is 2.77 bits per heavy atom. The normalized spacial score (nSPS) is 20.0. The molecule has 1 amide bonds. The van der Waals surface area contributed by atoms with Crippen LogP contribution in [0, 0.1) is 5.92 Å². The molecule has 160 valence electrons. The van der Waals surface area contributed by atoms with Gasteiger partial charge in [0, 0.05) is 43.4 Å². The first kappa shape index (κ1) is 20.4. The Labute approximate surface area is 178 Å². The highest BCUT2D eigenvalue weighted by Crippen LogP contribution is 2.27. The number of carbonyl (C=O) groups excluding carboxylic acids is 1. The largest absolute Gasteiger partial charge is 0.357 e. The number of rotatable bonds is 6. The molecule has 0 bridgehead atoms. The van der Waals surface area contributed by atoms with Gasteiger partial charge in [0.05, 0.1) is 18.4 Å². The number of likely N-dealkylation sites (tertiary alicyclic amines) is 1. The van der Waals surface area contributed by atoms with Gasteiger partial charge in [-0.25, -0.2) is 9.67 Å². The molecule has 7 heteroatoms. The Morgan fingerprint density at radius 1 is 1.20 bits per heavy atom. The van der Waals surface area contributed by atoms with Gasteiger partial charge in [-0.05, 0) is 38.3 Å². The minimum absolute atomic E-state index is 0.250. The summed E-state index contributed by atoms with van der Waals surface area (Å²) in [5, 5.41) is 11.3. The first-order valence-corrected chi connectivity index (χ1v) is 11.2. The summed E-state index contributed by atoms with van der Waals surface area (Å²) in [7, 11) is 0. The van der Waals surface area contributed by atoms with E-state index in [4.69, 9.17) is 4.99 Å². The van der Waals surface area contributed by atoms with Crippen molar-refractivity contribution in [3.63, 3.8) is 0 Å². The highest BCUT2D eigenvalue weighted by molar-refractivity contribution is 5.81. The van der Waals surface area contributed by atoms with Crippen molar-refractivity contribution >= 4 is 11.9 Å². The van der Waals surface area contributed by atoms with E-state index in [0.29, 0.717) is 12.5 Å². The monoisotopic (exact) mass is 408 g/mol. The third kappa shape index (κ3) is 5.01. The zero-order chi connectivity index (χ0) is 20.8. The fourth-order valence-electron chi connectivity index (χ4n) is 4.36. The number of nitrogens with one attached hydrogen (secondary N) is 2. The minimum Gasteiger partial charge on any atom is -0.357 e. The number of amides is 1. The summed E-state index contributed by atoms with van der Waals surface area (Å²) in [5.74, 6) is 1.41. The maximum absolute atomic E-state index is 12.7. The Hall–Kier alpha value is -2.83. The topological polar surface area (TPSA) is 74.6 Å². The molecule has 1 aromatic heterocycles. The van der Waals surface area contributed by atoms with Gasteiger partial charge in [-0.1, -0.05) is 31.0 Å². The van der Waals surface area contributed by atoms with Gasteiger partial charge in [0.2, 0.25) is 5.91 Å². The molecule has 30 heavy (non-hydrogen) atoms. The molecule has 2 fully saturated rings. The number of para-hydroxylation sites is 1. The fourth-order valence-corrected chi connectivity index (χ4v) is 4.36. The summed E-state index contributed by atoms with van der Waals surface area (Å²) < 4.78 is 1.87. The maximum atomic E-state index is 12.7. The van der Waals surface area contributed by atoms with E-state index in [2.05, 4.69) is 22.7 Å². The number of aromatic nitrogens is 2. The molecule has 2 heterocycles. The Bertz CT molecular complexity index is 856. The highest BCUT2D eigenvalue weighted by Gasteiger charge is 2.32. The third-order valence-electron chi connectivity index (χ3n) is 5.97. The molecule has 1 aliphatic carbocycles. The molecular formula is C23H32N6O. The Balaban J connectivity index is 1.33. The molecule has 0 radical (unpaired) electrons. The standard InChI is InChI=1S/C23H32N6O/c1-2-24-23(25-14-18-15-26-29(16-18)21-10-4-3-5-11-21)27-20-12-13-28(17-20)22(30)19-8-6-7-9-19/h3-5,10-11,15-16,19-20H,2,6-9,12-14,17H2,1H3,(H2,24,25,27). The van der Waals surface area contributed by atoms with Crippen molar-refractivity contribution in [3.05, 3.63) is 48.3 Å². The average Bonchev–Trinajstić information content (AvgIpc) is 3.54. The van der Waals surface area contributed by atoms with E-state index in [1.807, 2.05) is 52.3 Å². The molecule has 2 aromatic rings.